The number of nitrogens with zero attached hydrogens (tertiary/aromatic N) is 2. The molecule has 2 heterocycles. The van der Waals surface area contributed by atoms with Crippen LogP contribution in [0.1, 0.15) is 53.4 Å². The molecule has 0 aromatic heterocycles. The Morgan fingerprint density at radius 3 is 2.29 bits per heavy atom. The van der Waals surface area contributed by atoms with E-state index in [1.807, 2.05) is 0 Å². The summed E-state index contributed by atoms with van der Waals surface area (Å²) in [5.74, 6) is 2.52. The molecule has 0 amide bonds. The Hall–Kier alpha value is -0.120. The van der Waals surface area contributed by atoms with Gasteiger partial charge < -0.3 is 10.0 Å². The van der Waals surface area contributed by atoms with Crippen LogP contribution >= 0.6 is 0 Å². The normalized spacial score (nSPS) is 36.4. The van der Waals surface area contributed by atoms with Crippen LogP contribution in [0.4, 0.5) is 0 Å². The highest BCUT2D eigenvalue weighted by molar-refractivity contribution is 4.87. The molecule has 2 aliphatic rings. The monoisotopic (exact) mass is 296 g/mol. The summed E-state index contributed by atoms with van der Waals surface area (Å²) in [6, 6.07) is 1.43. The Balaban J connectivity index is 1.69. The van der Waals surface area contributed by atoms with Gasteiger partial charge in [-0.15, -0.1) is 0 Å². The summed E-state index contributed by atoms with van der Waals surface area (Å²) in [6.45, 7) is 14.5. The third-order valence-corrected chi connectivity index (χ3v) is 6.44. The summed E-state index contributed by atoms with van der Waals surface area (Å²) < 4.78 is 0. The van der Waals surface area contributed by atoms with Gasteiger partial charge in [0, 0.05) is 18.6 Å². The summed E-state index contributed by atoms with van der Waals surface area (Å²) >= 11 is 0. The van der Waals surface area contributed by atoms with E-state index in [4.69, 9.17) is 5.11 Å². The standard InChI is InChI=1S/C18H36N2O/c1-14-7-10-19(16(14)3)9-5-6-15(2)18-8-11-20(12-13-21)17(18)4/h14-18,21H,5-13H2,1-4H3/t14-,15?,16-,17?,18?/m0/s1. The average Bonchev–Trinajstić information content (AvgIpc) is 2.97. The van der Waals surface area contributed by atoms with Crippen LogP contribution in [0.3, 0.4) is 0 Å². The molecule has 3 heteroatoms. The van der Waals surface area contributed by atoms with Gasteiger partial charge in [-0.1, -0.05) is 13.8 Å². The molecule has 0 saturated carbocycles. The van der Waals surface area contributed by atoms with Gasteiger partial charge in [0.15, 0.2) is 0 Å². The fourth-order valence-corrected chi connectivity index (χ4v) is 4.55. The van der Waals surface area contributed by atoms with Crippen LogP contribution < -0.4 is 0 Å². The molecule has 1 N–H and O–H groups in total. The van der Waals surface area contributed by atoms with Gasteiger partial charge in [-0.3, -0.25) is 4.90 Å². The summed E-state index contributed by atoms with van der Waals surface area (Å²) in [4.78, 5) is 5.15. The second-order valence-electron chi connectivity index (χ2n) is 7.61. The van der Waals surface area contributed by atoms with E-state index in [-0.39, 0.29) is 0 Å². The van der Waals surface area contributed by atoms with E-state index in [2.05, 4.69) is 37.5 Å². The number of rotatable bonds is 7. The minimum atomic E-state index is 0.302. The molecule has 0 bridgehead atoms. The lowest BCUT2D eigenvalue weighted by atomic mass is 9.85. The number of hydrogen-bond acceptors (Lipinski definition) is 3. The summed E-state index contributed by atoms with van der Waals surface area (Å²) in [7, 11) is 0. The Labute approximate surface area is 131 Å². The van der Waals surface area contributed by atoms with Crippen molar-refractivity contribution in [1.29, 1.82) is 0 Å². The molecular weight excluding hydrogens is 260 g/mol. The predicted molar refractivity (Wildman–Crippen MR) is 89.4 cm³/mol. The van der Waals surface area contributed by atoms with E-state index in [0.717, 1.165) is 30.3 Å². The average molecular weight is 296 g/mol. The Morgan fingerprint density at radius 2 is 1.67 bits per heavy atom. The van der Waals surface area contributed by atoms with Crippen molar-refractivity contribution in [1.82, 2.24) is 9.80 Å². The van der Waals surface area contributed by atoms with Gasteiger partial charge in [0.2, 0.25) is 0 Å². The fourth-order valence-electron chi connectivity index (χ4n) is 4.55. The SMILES string of the molecule is CC(CCCN1CC[C@H](C)[C@@H]1C)C1CCN(CCO)C1C. The first-order valence-electron chi connectivity index (χ1n) is 9.13. The maximum atomic E-state index is 9.13. The minimum absolute atomic E-state index is 0.302. The number of β-amino-alcohol motifs (C(OH)–C–C–N with tert-alkyl or cyclic N) is 1. The lowest BCUT2D eigenvalue weighted by Gasteiger charge is -2.29. The van der Waals surface area contributed by atoms with E-state index in [0.29, 0.717) is 12.6 Å². The smallest absolute Gasteiger partial charge is 0.0558 e. The summed E-state index contributed by atoms with van der Waals surface area (Å²) in [5.41, 5.74) is 0. The van der Waals surface area contributed by atoms with Crippen molar-refractivity contribution in [2.24, 2.45) is 17.8 Å². The van der Waals surface area contributed by atoms with Gasteiger partial charge >= 0.3 is 0 Å². The molecule has 0 aromatic carbocycles. The minimum Gasteiger partial charge on any atom is -0.395 e. The first kappa shape index (κ1) is 17.2. The Kier molecular flexibility index (Phi) is 6.51. The third kappa shape index (κ3) is 4.20. The van der Waals surface area contributed by atoms with Crippen molar-refractivity contribution in [3.05, 3.63) is 0 Å². The number of hydrogen-bond donors (Lipinski definition) is 1. The molecule has 0 aliphatic carbocycles. The van der Waals surface area contributed by atoms with Crippen LogP contribution in [0.5, 0.6) is 0 Å². The molecule has 3 unspecified atom stereocenters. The molecule has 2 saturated heterocycles. The number of likely N-dealkylation sites (tertiary alicyclic amines) is 2. The molecule has 2 aliphatic heterocycles. The molecular formula is C18H36N2O. The zero-order valence-corrected chi connectivity index (χ0v) is 14.6. The van der Waals surface area contributed by atoms with Crippen LogP contribution in [-0.4, -0.2) is 59.8 Å². The lowest BCUT2D eigenvalue weighted by molar-refractivity contribution is 0.162. The van der Waals surface area contributed by atoms with Crippen LogP contribution in [-0.2, 0) is 0 Å². The molecule has 3 nitrogen and oxygen atoms in total. The molecule has 0 spiro atoms. The lowest BCUT2D eigenvalue weighted by Crippen LogP contribution is -2.34. The molecule has 21 heavy (non-hydrogen) atoms. The molecule has 2 rings (SSSR count). The molecule has 124 valence electrons. The van der Waals surface area contributed by atoms with E-state index >= 15 is 0 Å². The van der Waals surface area contributed by atoms with Crippen molar-refractivity contribution in [2.45, 2.75) is 65.5 Å². The number of aliphatic hydroxyl groups excluding tert-OH is 1. The Morgan fingerprint density at radius 1 is 1.00 bits per heavy atom. The maximum absolute atomic E-state index is 9.13. The topological polar surface area (TPSA) is 26.7 Å². The van der Waals surface area contributed by atoms with E-state index < -0.39 is 0 Å². The second kappa shape index (κ2) is 7.94. The summed E-state index contributed by atoms with van der Waals surface area (Å²) in [6.07, 6.45) is 5.41. The van der Waals surface area contributed by atoms with Gasteiger partial charge in [-0.2, -0.15) is 0 Å². The van der Waals surface area contributed by atoms with E-state index in [1.165, 1.54) is 45.3 Å². The molecule has 5 atom stereocenters. The predicted octanol–water partition coefficient (Wildman–Crippen LogP) is 2.84. The Bertz CT molecular complexity index is 310. The van der Waals surface area contributed by atoms with Gasteiger partial charge in [0.25, 0.3) is 0 Å². The number of aliphatic hydroxyl groups is 1. The van der Waals surface area contributed by atoms with Crippen LogP contribution in [0.15, 0.2) is 0 Å². The van der Waals surface area contributed by atoms with Crippen molar-refractivity contribution < 1.29 is 5.11 Å². The highest BCUT2D eigenvalue weighted by Gasteiger charge is 2.33. The molecule has 2 fully saturated rings. The van der Waals surface area contributed by atoms with Crippen LogP contribution in [0.25, 0.3) is 0 Å². The van der Waals surface area contributed by atoms with E-state index in [9.17, 15) is 0 Å². The fraction of sp³-hybridized carbons (Fsp3) is 1.00. The zero-order chi connectivity index (χ0) is 15.4. The third-order valence-electron chi connectivity index (χ3n) is 6.44. The first-order chi connectivity index (χ1) is 10.0. The van der Waals surface area contributed by atoms with Gasteiger partial charge in [-0.25, -0.2) is 0 Å². The molecule has 0 aromatic rings. The molecule has 0 radical (unpaired) electrons. The second-order valence-corrected chi connectivity index (χ2v) is 7.61. The van der Waals surface area contributed by atoms with Crippen LogP contribution in [0, 0.1) is 17.8 Å². The summed E-state index contributed by atoms with van der Waals surface area (Å²) in [5, 5.41) is 9.13. The van der Waals surface area contributed by atoms with Crippen molar-refractivity contribution in [3.8, 4) is 0 Å². The quantitative estimate of drug-likeness (QED) is 0.782. The zero-order valence-electron chi connectivity index (χ0n) is 14.6. The highest BCUT2D eigenvalue weighted by Crippen LogP contribution is 2.33. The van der Waals surface area contributed by atoms with Gasteiger partial charge in [-0.05, 0) is 76.9 Å². The van der Waals surface area contributed by atoms with Crippen molar-refractivity contribution in [3.63, 3.8) is 0 Å². The van der Waals surface area contributed by atoms with Crippen LogP contribution in [0.2, 0.25) is 0 Å². The maximum Gasteiger partial charge on any atom is 0.0558 e. The van der Waals surface area contributed by atoms with Crippen molar-refractivity contribution >= 4 is 0 Å². The first-order valence-corrected chi connectivity index (χ1v) is 9.13. The van der Waals surface area contributed by atoms with E-state index in [1.54, 1.807) is 0 Å². The van der Waals surface area contributed by atoms with Gasteiger partial charge in [0.1, 0.15) is 0 Å². The van der Waals surface area contributed by atoms with Crippen molar-refractivity contribution in [2.75, 3.05) is 32.8 Å². The highest BCUT2D eigenvalue weighted by atomic mass is 16.3. The largest absolute Gasteiger partial charge is 0.395 e. The van der Waals surface area contributed by atoms with Gasteiger partial charge in [0.05, 0.1) is 6.61 Å².